The lowest BCUT2D eigenvalue weighted by atomic mass is 9.79. The Morgan fingerprint density at radius 2 is 1.95 bits per heavy atom. The molecule has 0 amide bonds. The van der Waals surface area contributed by atoms with Crippen molar-refractivity contribution in [2.75, 3.05) is 6.54 Å². The number of hydrogen-bond acceptors (Lipinski definition) is 3. The second-order valence-corrected chi connectivity index (χ2v) is 7.41. The van der Waals surface area contributed by atoms with Gasteiger partial charge in [0.2, 0.25) is 10.0 Å². The van der Waals surface area contributed by atoms with Gasteiger partial charge in [-0.25, -0.2) is 13.1 Å². The van der Waals surface area contributed by atoms with Gasteiger partial charge in [-0.05, 0) is 30.9 Å². The average molecular weight is 332 g/mol. The molecule has 5 nitrogen and oxygen atoms in total. The summed E-state index contributed by atoms with van der Waals surface area (Å²) in [5.74, 6) is -1.50. The molecular weight excluding hydrogens is 314 g/mol. The van der Waals surface area contributed by atoms with Crippen LogP contribution in [0.2, 0.25) is 5.02 Å². The highest BCUT2D eigenvalue weighted by atomic mass is 35.5. The van der Waals surface area contributed by atoms with E-state index in [0.717, 1.165) is 19.3 Å². The Hall–Kier alpha value is -1.11. The molecule has 1 fully saturated rings. The Labute approximate surface area is 129 Å². The number of aliphatic carboxylic acids is 1. The van der Waals surface area contributed by atoms with Crippen molar-refractivity contribution in [1.29, 1.82) is 0 Å². The lowest BCUT2D eigenvalue weighted by molar-refractivity contribution is -0.144. The van der Waals surface area contributed by atoms with Crippen LogP contribution < -0.4 is 4.72 Å². The van der Waals surface area contributed by atoms with Crippen molar-refractivity contribution in [3.05, 3.63) is 29.3 Å². The van der Waals surface area contributed by atoms with Gasteiger partial charge in [0.25, 0.3) is 0 Å². The third kappa shape index (κ3) is 3.96. The normalized spacial score (nSPS) is 22.9. The zero-order chi connectivity index (χ0) is 15.5. The molecule has 1 aliphatic rings. The van der Waals surface area contributed by atoms with Gasteiger partial charge in [0.1, 0.15) is 4.90 Å². The molecule has 116 valence electrons. The number of sulfonamides is 1. The Bertz CT molecular complexity index is 617. The molecule has 0 radical (unpaired) electrons. The summed E-state index contributed by atoms with van der Waals surface area (Å²) >= 11 is 5.90. The first kappa shape index (κ1) is 16.3. The van der Waals surface area contributed by atoms with Crippen molar-refractivity contribution >= 4 is 27.6 Å². The Morgan fingerprint density at radius 1 is 1.29 bits per heavy atom. The molecule has 0 bridgehead atoms. The summed E-state index contributed by atoms with van der Waals surface area (Å²) in [5, 5.41) is 9.36. The number of carboxylic acids is 1. The van der Waals surface area contributed by atoms with E-state index in [-0.39, 0.29) is 22.4 Å². The van der Waals surface area contributed by atoms with Gasteiger partial charge < -0.3 is 5.11 Å². The van der Waals surface area contributed by atoms with E-state index in [9.17, 15) is 18.3 Å². The molecule has 1 aromatic carbocycles. The van der Waals surface area contributed by atoms with E-state index in [4.69, 9.17) is 11.6 Å². The molecule has 0 aliphatic heterocycles. The summed E-state index contributed by atoms with van der Waals surface area (Å²) in [4.78, 5) is 11.2. The Morgan fingerprint density at radius 3 is 2.62 bits per heavy atom. The van der Waals surface area contributed by atoms with Gasteiger partial charge in [-0.2, -0.15) is 0 Å². The van der Waals surface area contributed by atoms with Gasteiger partial charge in [-0.15, -0.1) is 0 Å². The van der Waals surface area contributed by atoms with E-state index in [2.05, 4.69) is 4.72 Å². The van der Waals surface area contributed by atoms with Crippen molar-refractivity contribution < 1.29 is 18.3 Å². The van der Waals surface area contributed by atoms with Crippen molar-refractivity contribution in [3.63, 3.8) is 0 Å². The highest BCUT2D eigenvalue weighted by Gasteiger charge is 2.31. The van der Waals surface area contributed by atoms with Crippen LogP contribution in [-0.2, 0) is 14.8 Å². The standard InChI is InChI=1S/C14H18ClNO4S/c15-12-7-3-4-8-13(12)21(19,20)16-9-10-5-1-2-6-11(10)14(17)18/h3-4,7-8,10-11,16H,1-2,5-6,9H2,(H,17,18). The summed E-state index contributed by atoms with van der Waals surface area (Å²) in [5.41, 5.74) is 0. The first-order chi connectivity index (χ1) is 9.92. The molecule has 2 N–H and O–H groups in total. The van der Waals surface area contributed by atoms with Gasteiger partial charge in [-0.1, -0.05) is 36.6 Å². The molecule has 0 heterocycles. The minimum atomic E-state index is -3.71. The second kappa shape index (κ2) is 6.77. The van der Waals surface area contributed by atoms with E-state index in [1.165, 1.54) is 12.1 Å². The molecule has 1 saturated carbocycles. The third-order valence-corrected chi connectivity index (χ3v) is 5.81. The number of nitrogens with one attached hydrogen (secondary N) is 1. The van der Waals surface area contributed by atoms with Crippen molar-refractivity contribution in [3.8, 4) is 0 Å². The largest absolute Gasteiger partial charge is 0.481 e. The first-order valence-corrected chi connectivity index (χ1v) is 8.75. The molecule has 0 spiro atoms. The fourth-order valence-electron chi connectivity index (χ4n) is 2.73. The van der Waals surface area contributed by atoms with Crippen molar-refractivity contribution in [2.24, 2.45) is 11.8 Å². The lowest BCUT2D eigenvalue weighted by Gasteiger charge is -2.28. The molecular formula is C14H18ClNO4S. The van der Waals surface area contributed by atoms with Crippen LogP contribution in [0.1, 0.15) is 25.7 Å². The fraction of sp³-hybridized carbons (Fsp3) is 0.500. The Kier molecular flexibility index (Phi) is 5.24. The van der Waals surface area contributed by atoms with Crippen LogP contribution in [0, 0.1) is 11.8 Å². The van der Waals surface area contributed by atoms with E-state index in [1.54, 1.807) is 12.1 Å². The monoisotopic (exact) mass is 331 g/mol. The number of benzene rings is 1. The van der Waals surface area contributed by atoms with Crippen LogP contribution in [0.5, 0.6) is 0 Å². The Balaban J connectivity index is 2.08. The predicted octanol–water partition coefficient (Wildman–Crippen LogP) is 2.51. The second-order valence-electron chi connectivity index (χ2n) is 5.27. The summed E-state index contributed by atoms with van der Waals surface area (Å²) < 4.78 is 27.0. The van der Waals surface area contributed by atoms with E-state index >= 15 is 0 Å². The maximum Gasteiger partial charge on any atom is 0.306 e. The zero-order valence-corrected chi connectivity index (χ0v) is 13.0. The SMILES string of the molecule is O=C(O)C1CCCCC1CNS(=O)(=O)c1ccccc1Cl. The van der Waals surface area contributed by atoms with Crippen LogP contribution in [0.3, 0.4) is 0 Å². The van der Waals surface area contributed by atoms with Crippen LogP contribution in [0.15, 0.2) is 29.2 Å². The van der Waals surface area contributed by atoms with Gasteiger partial charge in [0, 0.05) is 6.54 Å². The first-order valence-electron chi connectivity index (χ1n) is 6.89. The maximum absolute atomic E-state index is 12.2. The minimum absolute atomic E-state index is 0.0225. The zero-order valence-electron chi connectivity index (χ0n) is 11.5. The number of carbonyl (C=O) groups is 1. The fourth-order valence-corrected chi connectivity index (χ4v) is 4.35. The lowest BCUT2D eigenvalue weighted by Crippen LogP contribution is -2.37. The quantitative estimate of drug-likeness (QED) is 0.868. The van der Waals surface area contributed by atoms with Crippen LogP contribution in [0.25, 0.3) is 0 Å². The van der Waals surface area contributed by atoms with Gasteiger partial charge in [0.15, 0.2) is 0 Å². The molecule has 1 aromatic rings. The molecule has 1 aliphatic carbocycles. The number of hydrogen-bond donors (Lipinski definition) is 2. The van der Waals surface area contributed by atoms with Crippen molar-refractivity contribution in [1.82, 2.24) is 4.72 Å². The molecule has 7 heteroatoms. The average Bonchev–Trinajstić information content (AvgIpc) is 2.45. The van der Waals surface area contributed by atoms with E-state index in [1.807, 2.05) is 0 Å². The number of rotatable bonds is 5. The smallest absolute Gasteiger partial charge is 0.306 e. The predicted molar refractivity (Wildman–Crippen MR) is 79.7 cm³/mol. The molecule has 2 atom stereocenters. The maximum atomic E-state index is 12.2. The van der Waals surface area contributed by atoms with Gasteiger partial charge in [-0.3, -0.25) is 4.79 Å². The molecule has 2 rings (SSSR count). The van der Waals surface area contributed by atoms with E-state index < -0.39 is 21.9 Å². The summed E-state index contributed by atoms with van der Waals surface area (Å²) in [7, 11) is -3.71. The van der Waals surface area contributed by atoms with Crippen molar-refractivity contribution in [2.45, 2.75) is 30.6 Å². The highest BCUT2D eigenvalue weighted by molar-refractivity contribution is 7.89. The van der Waals surface area contributed by atoms with Crippen LogP contribution >= 0.6 is 11.6 Å². The van der Waals surface area contributed by atoms with Crippen LogP contribution in [-0.4, -0.2) is 26.0 Å². The summed E-state index contributed by atoms with van der Waals surface area (Å²) in [6, 6.07) is 6.20. The van der Waals surface area contributed by atoms with E-state index in [0.29, 0.717) is 6.42 Å². The number of carboxylic acid groups (broad SMARTS) is 1. The topological polar surface area (TPSA) is 83.5 Å². The molecule has 0 saturated heterocycles. The number of halogens is 1. The minimum Gasteiger partial charge on any atom is -0.481 e. The van der Waals surface area contributed by atoms with Crippen LogP contribution in [0.4, 0.5) is 0 Å². The molecule has 2 unspecified atom stereocenters. The summed E-state index contributed by atoms with van der Waals surface area (Å²) in [6.07, 6.45) is 3.14. The van der Waals surface area contributed by atoms with Gasteiger partial charge >= 0.3 is 5.97 Å². The molecule has 0 aromatic heterocycles. The third-order valence-electron chi connectivity index (χ3n) is 3.89. The molecule has 21 heavy (non-hydrogen) atoms. The van der Waals surface area contributed by atoms with Gasteiger partial charge in [0.05, 0.1) is 10.9 Å². The summed E-state index contributed by atoms with van der Waals surface area (Å²) in [6.45, 7) is 0.129. The highest BCUT2D eigenvalue weighted by Crippen LogP contribution is 2.30.